The summed E-state index contributed by atoms with van der Waals surface area (Å²) in [6, 6.07) is 18.8. The monoisotopic (exact) mass is 409 g/mol. The van der Waals surface area contributed by atoms with Crippen molar-refractivity contribution in [2.75, 3.05) is 14.2 Å². The van der Waals surface area contributed by atoms with E-state index in [1.807, 2.05) is 42.5 Å². The average molecular weight is 409 g/mol. The number of para-hydroxylation sites is 1. The number of benzene rings is 3. The van der Waals surface area contributed by atoms with Gasteiger partial charge >= 0.3 is 0 Å². The van der Waals surface area contributed by atoms with E-state index >= 15 is 0 Å². The van der Waals surface area contributed by atoms with Crippen molar-refractivity contribution in [2.24, 2.45) is 0 Å². The molecule has 0 saturated heterocycles. The third-order valence-electron chi connectivity index (χ3n) is 4.57. The van der Waals surface area contributed by atoms with Crippen LogP contribution in [0.1, 0.15) is 17.5 Å². The van der Waals surface area contributed by atoms with Crippen LogP contribution < -0.4 is 19.5 Å². The summed E-state index contributed by atoms with van der Waals surface area (Å²) < 4.78 is 29.3. The highest BCUT2D eigenvalue weighted by Gasteiger charge is 2.11. The Labute approximate surface area is 175 Å². The molecule has 0 fully saturated rings. The number of carbonyl (C=O) groups is 1. The normalized spacial score (nSPS) is 10.4. The molecular weight excluding hydrogens is 385 g/mol. The minimum absolute atomic E-state index is 0.0495. The lowest BCUT2D eigenvalue weighted by Gasteiger charge is -2.12. The van der Waals surface area contributed by atoms with Gasteiger partial charge in [-0.3, -0.25) is 4.79 Å². The Hall–Kier alpha value is -3.54. The second-order valence-electron chi connectivity index (χ2n) is 6.63. The van der Waals surface area contributed by atoms with Gasteiger partial charge in [-0.05, 0) is 60.0 Å². The zero-order valence-electron chi connectivity index (χ0n) is 17.0. The third-order valence-corrected chi connectivity index (χ3v) is 4.57. The molecule has 1 N–H and O–H groups in total. The van der Waals surface area contributed by atoms with E-state index in [1.165, 1.54) is 12.1 Å². The van der Waals surface area contributed by atoms with Crippen LogP contribution in [0.3, 0.4) is 0 Å². The minimum Gasteiger partial charge on any atom is -0.493 e. The van der Waals surface area contributed by atoms with Crippen LogP contribution in [-0.2, 0) is 17.8 Å². The maximum Gasteiger partial charge on any atom is 0.220 e. The lowest BCUT2D eigenvalue weighted by atomic mass is 10.1. The third kappa shape index (κ3) is 5.73. The van der Waals surface area contributed by atoms with E-state index in [0.29, 0.717) is 42.4 Å². The van der Waals surface area contributed by atoms with Gasteiger partial charge in [-0.15, -0.1) is 0 Å². The molecule has 3 rings (SSSR count). The number of methoxy groups -OCH3 is 2. The molecule has 0 unspecified atom stereocenters. The van der Waals surface area contributed by atoms with E-state index in [2.05, 4.69) is 5.32 Å². The Balaban J connectivity index is 1.48. The number of carbonyl (C=O) groups excluding carboxylic acids is 1. The van der Waals surface area contributed by atoms with E-state index in [1.54, 1.807) is 26.4 Å². The van der Waals surface area contributed by atoms with Gasteiger partial charge in [0.15, 0.2) is 11.5 Å². The van der Waals surface area contributed by atoms with Crippen molar-refractivity contribution in [3.63, 3.8) is 0 Å². The van der Waals surface area contributed by atoms with Crippen molar-refractivity contribution >= 4 is 5.91 Å². The molecule has 5 nitrogen and oxygen atoms in total. The Morgan fingerprint density at radius 3 is 2.20 bits per heavy atom. The zero-order chi connectivity index (χ0) is 21.3. The van der Waals surface area contributed by atoms with Crippen LogP contribution in [-0.4, -0.2) is 20.1 Å². The summed E-state index contributed by atoms with van der Waals surface area (Å²) in [5.74, 6) is 2.15. The number of hydrogen-bond acceptors (Lipinski definition) is 4. The molecule has 0 aliphatic rings. The van der Waals surface area contributed by atoms with E-state index in [0.717, 1.165) is 11.1 Å². The molecule has 0 saturated carbocycles. The lowest BCUT2D eigenvalue weighted by Crippen LogP contribution is -2.23. The van der Waals surface area contributed by atoms with E-state index in [9.17, 15) is 9.18 Å². The summed E-state index contributed by atoms with van der Waals surface area (Å²) in [5.41, 5.74) is 1.88. The quantitative estimate of drug-likeness (QED) is 0.547. The van der Waals surface area contributed by atoms with Crippen LogP contribution in [0.25, 0.3) is 0 Å². The Morgan fingerprint density at radius 2 is 1.57 bits per heavy atom. The molecule has 156 valence electrons. The first kappa shape index (κ1) is 21.2. The minimum atomic E-state index is -0.307. The van der Waals surface area contributed by atoms with Crippen LogP contribution in [0.2, 0.25) is 0 Å². The van der Waals surface area contributed by atoms with Gasteiger partial charge in [0.05, 0.1) is 14.2 Å². The molecule has 6 heteroatoms. The van der Waals surface area contributed by atoms with Gasteiger partial charge in [0, 0.05) is 13.0 Å². The van der Waals surface area contributed by atoms with Crippen molar-refractivity contribution in [1.29, 1.82) is 0 Å². The average Bonchev–Trinajstić information content (AvgIpc) is 2.78. The highest BCUT2D eigenvalue weighted by atomic mass is 19.1. The largest absolute Gasteiger partial charge is 0.493 e. The summed E-state index contributed by atoms with van der Waals surface area (Å²) in [7, 11) is 3.18. The van der Waals surface area contributed by atoms with Gasteiger partial charge in [-0.25, -0.2) is 4.39 Å². The van der Waals surface area contributed by atoms with E-state index < -0.39 is 0 Å². The fraction of sp³-hybridized carbons (Fsp3) is 0.208. The summed E-state index contributed by atoms with van der Waals surface area (Å²) >= 11 is 0. The van der Waals surface area contributed by atoms with Crippen LogP contribution in [0.15, 0.2) is 66.7 Å². The van der Waals surface area contributed by atoms with Crippen molar-refractivity contribution in [3.05, 3.63) is 83.7 Å². The predicted molar refractivity (Wildman–Crippen MR) is 113 cm³/mol. The summed E-state index contributed by atoms with van der Waals surface area (Å²) in [5, 5.41) is 2.92. The van der Waals surface area contributed by atoms with Gasteiger partial charge in [0.1, 0.15) is 17.3 Å². The van der Waals surface area contributed by atoms with Gasteiger partial charge < -0.3 is 19.5 Å². The molecule has 0 radical (unpaired) electrons. The molecule has 0 heterocycles. The van der Waals surface area contributed by atoms with E-state index in [4.69, 9.17) is 14.2 Å². The lowest BCUT2D eigenvalue weighted by molar-refractivity contribution is -0.121. The second kappa shape index (κ2) is 10.3. The van der Waals surface area contributed by atoms with Gasteiger partial charge in [-0.2, -0.15) is 0 Å². The molecule has 0 spiro atoms. The Kier molecular flexibility index (Phi) is 7.27. The second-order valence-corrected chi connectivity index (χ2v) is 6.63. The van der Waals surface area contributed by atoms with Gasteiger partial charge in [0.2, 0.25) is 5.91 Å². The number of rotatable bonds is 9. The number of halogens is 1. The summed E-state index contributed by atoms with van der Waals surface area (Å²) in [4.78, 5) is 12.2. The fourth-order valence-electron chi connectivity index (χ4n) is 3.00. The molecule has 0 aliphatic carbocycles. The Bertz CT molecular complexity index is 972. The Morgan fingerprint density at radius 1 is 0.900 bits per heavy atom. The number of nitrogens with one attached hydrogen (secondary N) is 1. The maximum absolute atomic E-state index is 12.9. The van der Waals surface area contributed by atoms with Crippen molar-refractivity contribution < 1.29 is 23.4 Å². The van der Waals surface area contributed by atoms with Crippen LogP contribution >= 0.6 is 0 Å². The van der Waals surface area contributed by atoms with Crippen molar-refractivity contribution in [1.82, 2.24) is 5.32 Å². The molecule has 1 amide bonds. The SMILES string of the molecule is COc1cccc(CCC(=O)NCc2ccc(Oc3ccc(F)cc3)cc2)c1OC. The molecule has 0 aromatic heterocycles. The van der Waals surface area contributed by atoms with Crippen LogP contribution in [0, 0.1) is 5.82 Å². The smallest absolute Gasteiger partial charge is 0.220 e. The first-order valence-corrected chi connectivity index (χ1v) is 9.58. The van der Waals surface area contributed by atoms with Crippen LogP contribution in [0.5, 0.6) is 23.0 Å². The molecule has 30 heavy (non-hydrogen) atoms. The molecule has 3 aromatic rings. The van der Waals surface area contributed by atoms with Crippen molar-refractivity contribution in [2.45, 2.75) is 19.4 Å². The number of amides is 1. The topological polar surface area (TPSA) is 56.8 Å². The number of aryl methyl sites for hydroxylation is 1. The molecule has 0 aliphatic heterocycles. The first-order chi connectivity index (χ1) is 14.6. The molecular formula is C24H24FNO4. The van der Waals surface area contributed by atoms with Gasteiger partial charge in [-0.1, -0.05) is 24.3 Å². The summed E-state index contributed by atoms with van der Waals surface area (Å²) in [6.07, 6.45) is 0.895. The van der Waals surface area contributed by atoms with E-state index in [-0.39, 0.29) is 11.7 Å². The number of ether oxygens (including phenoxy) is 3. The van der Waals surface area contributed by atoms with Crippen LogP contribution in [0.4, 0.5) is 4.39 Å². The standard InChI is InChI=1S/C24H24FNO4/c1-28-22-5-3-4-18(24(22)29-2)8-15-23(27)26-16-17-6-11-20(12-7-17)30-21-13-9-19(25)10-14-21/h3-7,9-14H,8,15-16H2,1-2H3,(H,26,27). The maximum atomic E-state index is 12.9. The zero-order valence-corrected chi connectivity index (χ0v) is 17.0. The predicted octanol–water partition coefficient (Wildman–Crippen LogP) is 4.88. The first-order valence-electron chi connectivity index (χ1n) is 9.58. The fourth-order valence-corrected chi connectivity index (χ4v) is 3.00. The van der Waals surface area contributed by atoms with Crippen molar-refractivity contribution in [3.8, 4) is 23.0 Å². The molecule has 3 aromatic carbocycles. The van der Waals surface area contributed by atoms with Gasteiger partial charge in [0.25, 0.3) is 0 Å². The highest BCUT2D eigenvalue weighted by molar-refractivity contribution is 5.76. The molecule has 0 atom stereocenters. The molecule has 0 bridgehead atoms. The number of hydrogen-bond donors (Lipinski definition) is 1. The summed E-state index contributed by atoms with van der Waals surface area (Å²) in [6.45, 7) is 0.422. The highest BCUT2D eigenvalue weighted by Crippen LogP contribution is 2.31.